The van der Waals surface area contributed by atoms with Gasteiger partial charge in [-0.1, -0.05) is 27.2 Å². The molecule has 1 rings (SSSR count). The Morgan fingerprint density at radius 2 is 2.08 bits per heavy atom. The van der Waals surface area contributed by atoms with Crippen LogP contribution in [0.25, 0.3) is 0 Å². The van der Waals surface area contributed by atoms with Gasteiger partial charge >= 0.3 is 0 Å². The third-order valence-corrected chi connectivity index (χ3v) is 2.29. The van der Waals surface area contributed by atoms with Crippen LogP contribution in [0.1, 0.15) is 40.0 Å². The van der Waals surface area contributed by atoms with Crippen molar-refractivity contribution in [3.05, 3.63) is 0 Å². The summed E-state index contributed by atoms with van der Waals surface area (Å²) < 4.78 is 5.37. The number of ether oxygens (including phenoxy) is 1. The minimum absolute atomic E-state index is 0.146. The molecule has 0 saturated carbocycles. The molecule has 0 spiro atoms. The summed E-state index contributed by atoms with van der Waals surface area (Å²) in [6, 6.07) is 0. The molecular formula is C10H20O2. The summed E-state index contributed by atoms with van der Waals surface area (Å²) in [4.78, 5) is 0. The van der Waals surface area contributed by atoms with Crippen molar-refractivity contribution < 1.29 is 9.84 Å². The standard InChI is InChI=1S/C10H20O2/c1-4-5-9-10(12-9)8(11)6-7(2)3/h7-11H,4-6H2,1-3H3/t8-,9-,10-/m1/s1. The van der Waals surface area contributed by atoms with E-state index >= 15 is 0 Å². The van der Waals surface area contributed by atoms with Crippen LogP contribution in [-0.2, 0) is 4.74 Å². The lowest BCUT2D eigenvalue weighted by Gasteiger charge is -2.09. The zero-order valence-corrected chi connectivity index (χ0v) is 8.29. The maximum Gasteiger partial charge on any atom is 0.110 e. The normalized spacial score (nSPS) is 30.8. The molecular weight excluding hydrogens is 152 g/mol. The molecule has 0 unspecified atom stereocenters. The van der Waals surface area contributed by atoms with Crippen molar-refractivity contribution in [3.8, 4) is 0 Å². The molecule has 12 heavy (non-hydrogen) atoms. The van der Waals surface area contributed by atoms with Gasteiger partial charge in [-0.25, -0.2) is 0 Å². The van der Waals surface area contributed by atoms with Crippen molar-refractivity contribution in [2.45, 2.75) is 58.3 Å². The molecule has 1 aliphatic rings. The van der Waals surface area contributed by atoms with Crippen molar-refractivity contribution in [2.75, 3.05) is 0 Å². The van der Waals surface area contributed by atoms with Gasteiger partial charge in [0.05, 0.1) is 12.2 Å². The average molecular weight is 172 g/mol. The number of aliphatic hydroxyl groups is 1. The third kappa shape index (κ3) is 2.76. The Labute approximate surface area is 74.9 Å². The van der Waals surface area contributed by atoms with E-state index in [4.69, 9.17) is 4.74 Å². The van der Waals surface area contributed by atoms with Gasteiger partial charge in [0, 0.05) is 0 Å². The van der Waals surface area contributed by atoms with Crippen molar-refractivity contribution in [3.63, 3.8) is 0 Å². The summed E-state index contributed by atoms with van der Waals surface area (Å²) in [5.41, 5.74) is 0. The van der Waals surface area contributed by atoms with E-state index in [2.05, 4.69) is 20.8 Å². The zero-order chi connectivity index (χ0) is 9.14. The molecule has 0 aromatic rings. The van der Waals surface area contributed by atoms with Gasteiger partial charge in [0.25, 0.3) is 0 Å². The van der Waals surface area contributed by atoms with E-state index in [9.17, 15) is 5.11 Å². The fourth-order valence-electron chi connectivity index (χ4n) is 1.63. The second-order valence-electron chi connectivity index (χ2n) is 4.12. The second-order valence-corrected chi connectivity index (χ2v) is 4.12. The fourth-order valence-corrected chi connectivity index (χ4v) is 1.63. The van der Waals surface area contributed by atoms with Gasteiger partial charge in [0.15, 0.2) is 0 Å². The molecule has 2 nitrogen and oxygen atoms in total. The molecule has 1 fully saturated rings. The summed E-state index contributed by atoms with van der Waals surface area (Å²) in [5.74, 6) is 0.562. The Bertz CT molecular complexity index is 134. The quantitative estimate of drug-likeness (QED) is 0.643. The van der Waals surface area contributed by atoms with E-state index in [0.29, 0.717) is 12.0 Å². The third-order valence-electron chi connectivity index (χ3n) is 2.29. The van der Waals surface area contributed by atoms with E-state index in [0.717, 1.165) is 19.3 Å². The van der Waals surface area contributed by atoms with Gasteiger partial charge in [-0.05, 0) is 18.8 Å². The molecule has 0 bridgehead atoms. The van der Waals surface area contributed by atoms with Gasteiger partial charge in [-0.15, -0.1) is 0 Å². The number of rotatable bonds is 5. The van der Waals surface area contributed by atoms with Crippen LogP contribution in [0.3, 0.4) is 0 Å². The number of epoxide rings is 1. The molecule has 1 saturated heterocycles. The summed E-state index contributed by atoms with van der Waals surface area (Å²) in [7, 11) is 0. The highest BCUT2D eigenvalue weighted by Crippen LogP contribution is 2.31. The number of hydrogen-bond acceptors (Lipinski definition) is 2. The highest BCUT2D eigenvalue weighted by atomic mass is 16.6. The van der Waals surface area contributed by atoms with Crippen LogP contribution in [0.15, 0.2) is 0 Å². The van der Waals surface area contributed by atoms with Gasteiger partial charge in [0.1, 0.15) is 6.10 Å². The number of hydrogen-bond donors (Lipinski definition) is 1. The lowest BCUT2D eigenvalue weighted by molar-refractivity contribution is 0.113. The summed E-state index contributed by atoms with van der Waals surface area (Å²) in [5, 5.41) is 9.63. The summed E-state index contributed by atoms with van der Waals surface area (Å²) in [6.45, 7) is 6.40. The minimum Gasteiger partial charge on any atom is -0.390 e. The van der Waals surface area contributed by atoms with E-state index in [1.165, 1.54) is 0 Å². The molecule has 2 heteroatoms. The van der Waals surface area contributed by atoms with Gasteiger partial charge in [-0.3, -0.25) is 0 Å². The van der Waals surface area contributed by atoms with Crippen molar-refractivity contribution in [2.24, 2.45) is 5.92 Å². The van der Waals surface area contributed by atoms with Gasteiger partial charge < -0.3 is 9.84 Å². The SMILES string of the molecule is CCC[C@H]1O[C@@H]1[C@H](O)CC(C)C. The molecule has 1 N–H and O–H groups in total. The molecule has 0 amide bonds. The molecule has 0 radical (unpaired) electrons. The zero-order valence-electron chi connectivity index (χ0n) is 8.29. The van der Waals surface area contributed by atoms with Gasteiger partial charge in [0.2, 0.25) is 0 Å². The van der Waals surface area contributed by atoms with Crippen molar-refractivity contribution in [1.29, 1.82) is 0 Å². The summed E-state index contributed by atoms with van der Waals surface area (Å²) in [6.07, 6.45) is 3.37. The second kappa shape index (κ2) is 4.24. The molecule has 0 aromatic carbocycles. The molecule has 0 aliphatic carbocycles. The van der Waals surface area contributed by atoms with E-state index in [1.54, 1.807) is 0 Å². The van der Waals surface area contributed by atoms with E-state index < -0.39 is 0 Å². The van der Waals surface area contributed by atoms with Crippen LogP contribution in [0.4, 0.5) is 0 Å². The van der Waals surface area contributed by atoms with Crippen LogP contribution < -0.4 is 0 Å². The Balaban J connectivity index is 2.14. The first kappa shape index (κ1) is 10.0. The first-order valence-electron chi connectivity index (χ1n) is 4.98. The predicted molar refractivity (Wildman–Crippen MR) is 49.0 cm³/mol. The van der Waals surface area contributed by atoms with Crippen LogP contribution in [0.5, 0.6) is 0 Å². The first-order chi connectivity index (χ1) is 5.65. The summed E-state index contributed by atoms with van der Waals surface area (Å²) >= 11 is 0. The highest BCUT2D eigenvalue weighted by Gasteiger charge is 2.43. The molecule has 1 heterocycles. The van der Waals surface area contributed by atoms with E-state index in [-0.39, 0.29) is 12.2 Å². The Hall–Kier alpha value is -0.0800. The maximum atomic E-state index is 9.63. The van der Waals surface area contributed by atoms with Gasteiger partial charge in [-0.2, -0.15) is 0 Å². The monoisotopic (exact) mass is 172 g/mol. The lowest BCUT2D eigenvalue weighted by Crippen LogP contribution is -2.19. The van der Waals surface area contributed by atoms with E-state index in [1.807, 2.05) is 0 Å². The predicted octanol–water partition coefficient (Wildman–Crippen LogP) is 1.96. The Morgan fingerprint density at radius 3 is 2.58 bits per heavy atom. The van der Waals surface area contributed by atoms with Crippen LogP contribution in [0, 0.1) is 5.92 Å². The molecule has 72 valence electrons. The molecule has 1 aliphatic heterocycles. The molecule has 0 aromatic heterocycles. The Kier molecular flexibility index (Phi) is 3.53. The number of aliphatic hydroxyl groups excluding tert-OH is 1. The highest BCUT2D eigenvalue weighted by molar-refractivity contribution is 4.90. The van der Waals surface area contributed by atoms with Crippen molar-refractivity contribution >= 4 is 0 Å². The average Bonchev–Trinajstić information content (AvgIpc) is 2.66. The van der Waals surface area contributed by atoms with Crippen LogP contribution in [0.2, 0.25) is 0 Å². The van der Waals surface area contributed by atoms with Crippen molar-refractivity contribution in [1.82, 2.24) is 0 Å². The fraction of sp³-hybridized carbons (Fsp3) is 1.00. The Morgan fingerprint density at radius 1 is 1.42 bits per heavy atom. The lowest BCUT2D eigenvalue weighted by atomic mass is 10.0. The minimum atomic E-state index is -0.235. The largest absolute Gasteiger partial charge is 0.390 e. The topological polar surface area (TPSA) is 32.8 Å². The first-order valence-corrected chi connectivity index (χ1v) is 4.98. The van der Waals surface area contributed by atoms with Crippen LogP contribution >= 0.6 is 0 Å². The smallest absolute Gasteiger partial charge is 0.110 e. The maximum absolute atomic E-state index is 9.63. The molecule has 3 atom stereocenters. The van der Waals surface area contributed by atoms with Crippen LogP contribution in [-0.4, -0.2) is 23.4 Å².